The molecule has 0 bridgehead atoms. The molecule has 3 heteroatoms. The normalized spacial score (nSPS) is 20.2. The molecule has 1 heterocycles. The second kappa shape index (κ2) is 7.25. The van der Waals surface area contributed by atoms with Gasteiger partial charge in [-0.05, 0) is 20.0 Å². The first-order valence-corrected chi connectivity index (χ1v) is 6.65. The van der Waals surface area contributed by atoms with Crippen molar-refractivity contribution in [1.82, 2.24) is 4.90 Å². The van der Waals surface area contributed by atoms with Crippen molar-refractivity contribution in [3.8, 4) is 0 Å². The lowest BCUT2D eigenvalue weighted by atomic mass is 9.94. The first-order valence-electron chi connectivity index (χ1n) is 6.65. The van der Waals surface area contributed by atoms with E-state index >= 15 is 0 Å². The van der Waals surface area contributed by atoms with Crippen LogP contribution in [0.15, 0.2) is 0 Å². The highest BCUT2D eigenvalue weighted by atomic mass is 16.5. The number of ether oxygens (including phenoxy) is 1. The number of nitrogens with zero attached hydrogens (tertiary/aromatic N) is 1. The topological polar surface area (TPSA) is 32.7 Å². The molecule has 0 aromatic carbocycles. The predicted octanol–water partition coefficient (Wildman–Crippen LogP) is 2.04. The molecular weight excluding hydrogens is 202 g/mol. The van der Waals surface area contributed by atoms with Crippen LogP contribution in [0.25, 0.3) is 0 Å². The molecule has 0 aromatic heterocycles. The Morgan fingerprint density at radius 3 is 2.50 bits per heavy atom. The van der Waals surface area contributed by atoms with Crippen molar-refractivity contribution in [2.75, 3.05) is 33.4 Å². The van der Waals surface area contributed by atoms with E-state index in [9.17, 15) is 5.11 Å². The van der Waals surface area contributed by atoms with Crippen LogP contribution in [0.5, 0.6) is 0 Å². The minimum absolute atomic E-state index is 0.502. The number of likely N-dealkylation sites (N-methyl/N-ethyl adjacent to an activating group) is 1. The zero-order valence-electron chi connectivity index (χ0n) is 10.9. The van der Waals surface area contributed by atoms with E-state index in [0.29, 0.717) is 13.2 Å². The summed E-state index contributed by atoms with van der Waals surface area (Å²) in [7, 11) is 2.11. The summed E-state index contributed by atoms with van der Waals surface area (Å²) < 4.78 is 5.28. The quantitative estimate of drug-likeness (QED) is 0.678. The molecule has 1 aliphatic rings. The van der Waals surface area contributed by atoms with Crippen molar-refractivity contribution >= 4 is 0 Å². The predicted molar refractivity (Wildman–Crippen MR) is 66.6 cm³/mol. The molecule has 0 spiro atoms. The molecule has 1 N–H and O–H groups in total. The minimum atomic E-state index is -0.502. The number of hydrogen-bond acceptors (Lipinski definition) is 3. The van der Waals surface area contributed by atoms with E-state index < -0.39 is 5.60 Å². The maximum Gasteiger partial charge on any atom is 0.0817 e. The Bertz CT molecular complexity index is 179. The summed E-state index contributed by atoms with van der Waals surface area (Å²) in [6.45, 7) is 5.54. The summed E-state index contributed by atoms with van der Waals surface area (Å²) >= 11 is 0. The van der Waals surface area contributed by atoms with Crippen LogP contribution in [0.3, 0.4) is 0 Å². The Morgan fingerprint density at radius 2 is 1.88 bits per heavy atom. The van der Waals surface area contributed by atoms with Gasteiger partial charge in [0.2, 0.25) is 0 Å². The van der Waals surface area contributed by atoms with E-state index in [1.807, 2.05) is 0 Å². The van der Waals surface area contributed by atoms with Gasteiger partial charge in [-0.15, -0.1) is 0 Å². The van der Waals surface area contributed by atoms with Crippen LogP contribution in [0.1, 0.15) is 45.4 Å². The van der Waals surface area contributed by atoms with Crippen LogP contribution < -0.4 is 0 Å². The van der Waals surface area contributed by atoms with Gasteiger partial charge in [0, 0.05) is 32.6 Å². The third-order valence-corrected chi connectivity index (χ3v) is 3.38. The maximum atomic E-state index is 10.3. The van der Waals surface area contributed by atoms with Crippen molar-refractivity contribution in [1.29, 1.82) is 0 Å². The van der Waals surface area contributed by atoms with Gasteiger partial charge in [-0.25, -0.2) is 0 Å². The minimum Gasteiger partial charge on any atom is -0.388 e. The largest absolute Gasteiger partial charge is 0.388 e. The molecule has 0 aromatic rings. The second-order valence-electron chi connectivity index (χ2n) is 5.14. The van der Waals surface area contributed by atoms with Gasteiger partial charge in [0.25, 0.3) is 0 Å². The summed E-state index contributed by atoms with van der Waals surface area (Å²) in [4.78, 5) is 2.26. The Balaban J connectivity index is 2.14. The number of unbranched alkanes of at least 4 members (excludes halogenated alkanes) is 3. The number of hydrogen-bond donors (Lipinski definition) is 1. The van der Waals surface area contributed by atoms with Gasteiger partial charge >= 0.3 is 0 Å². The Hall–Kier alpha value is -0.120. The highest BCUT2D eigenvalue weighted by Crippen LogP contribution is 2.21. The van der Waals surface area contributed by atoms with Crippen molar-refractivity contribution in [2.24, 2.45) is 0 Å². The van der Waals surface area contributed by atoms with Crippen LogP contribution in [0.2, 0.25) is 0 Å². The standard InChI is InChI=1S/C13H27NO2/c1-3-4-5-6-9-14(2)12-13(15)7-10-16-11-8-13/h15H,3-12H2,1-2H3. The molecule has 1 aliphatic heterocycles. The zero-order chi connectivity index (χ0) is 11.9. The average Bonchev–Trinajstić information content (AvgIpc) is 2.25. The lowest BCUT2D eigenvalue weighted by molar-refractivity contribution is -0.0769. The fraction of sp³-hybridized carbons (Fsp3) is 1.00. The third-order valence-electron chi connectivity index (χ3n) is 3.38. The molecule has 0 amide bonds. The number of aliphatic hydroxyl groups is 1. The van der Waals surface area contributed by atoms with Crippen LogP contribution >= 0.6 is 0 Å². The molecule has 16 heavy (non-hydrogen) atoms. The van der Waals surface area contributed by atoms with Gasteiger partial charge < -0.3 is 14.7 Å². The van der Waals surface area contributed by atoms with Gasteiger partial charge in [0.1, 0.15) is 0 Å². The fourth-order valence-electron chi connectivity index (χ4n) is 2.30. The molecule has 0 atom stereocenters. The summed E-state index contributed by atoms with van der Waals surface area (Å²) in [5.41, 5.74) is -0.502. The van der Waals surface area contributed by atoms with Crippen LogP contribution in [-0.2, 0) is 4.74 Å². The highest BCUT2D eigenvalue weighted by molar-refractivity contribution is 4.83. The molecule has 1 rings (SSSR count). The molecule has 1 saturated heterocycles. The molecule has 0 saturated carbocycles. The summed E-state index contributed by atoms with van der Waals surface area (Å²) in [6, 6.07) is 0. The zero-order valence-corrected chi connectivity index (χ0v) is 10.9. The highest BCUT2D eigenvalue weighted by Gasteiger charge is 2.30. The number of rotatable bonds is 7. The molecule has 0 aliphatic carbocycles. The van der Waals surface area contributed by atoms with Gasteiger partial charge in [0.15, 0.2) is 0 Å². The van der Waals surface area contributed by atoms with Crippen molar-refractivity contribution in [3.05, 3.63) is 0 Å². The smallest absolute Gasteiger partial charge is 0.0817 e. The Labute approximate surface area is 99.8 Å². The van der Waals surface area contributed by atoms with E-state index in [2.05, 4.69) is 18.9 Å². The van der Waals surface area contributed by atoms with Crippen molar-refractivity contribution in [2.45, 2.75) is 51.0 Å². The van der Waals surface area contributed by atoms with E-state index in [-0.39, 0.29) is 0 Å². The molecule has 96 valence electrons. The molecule has 1 fully saturated rings. The lowest BCUT2D eigenvalue weighted by Gasteiger charge is -2.35. The Kier molecular flexibility index (Phi) is 6.32. The monoisotopic (exact) mass is 229 g/mol. The van der Waals surface area contributed by atoms with E-state index in [1.54, 1.807) is 0 Å². The van der Waals surface area contributed by atoms with E-state index in [0.717, 1.165) is 25.9 Å². The summed E-state index contributed by atoms with van der Waals surface area (Å²) in [6.07, 6.45) is 6.73. The first-order chi connectivity index (χ1) is 7.66. The molecule has 0 unspecified atom stereocenters. The summed E-state index contributed by atoms with van der Waals surface area (Å²) in [5.74, 6) is 0. The maximum absolute atomic E-state index is 10.3. The fourth-order valence-corrected chi connectivity index (χ4v) is 2.30. The van der Waals surface area contributed by atoms with Crippen LogP contribution in [0, 0.1) is 0 Å². The van der Waals surface area contributed by atoms with Crippen molar-refractivity contribution in [3.63, 3.8) is 0 Å². The molecular formula is C13H27NO2. The van der Waals surface area contributed by atoms with Crippen molar-refractivity contribution < 1.29 is 9.84 Å². The second-order valence-corrected chi connectivity index (χ2v) is 5.14. The molecule has 0 radical (unpaired) electrons. The SMILES string of the molecule is CCCCCCN(C)CC1(O)CCOCC1. The van der Waals surface area contributed by atoms with E-state index in [4.69, 9.17) is 4.74 Å². The third kappa shape index (κ3) is 5.28. The summed E-state index contributed by atoms with van der Waals surface area (Å²) in [5, 5.41) is 10.3. The van der Waals surface area contributed by atoms with Gasteiger partial charge in [-0.3, -0.25) is 0 Å². The van der Waals surface area contributed by atoms with Crippen LogP contribution in [0.4, 0.5) is 0 Å². The lowest BCUT2D eigenvalue weighted by Crippen LogP contribution is -2.45. The molecule has 3 nitrogen and oxygen atoms in total. The van der Waals surface area contributed by atoms with Gasteiger partial charge in [0.05, 0.1) is 5.60 Å². The Morgan fingerprint density at radius 1 is 1.19 bits per heavy atom. The van der Waals surface area contributed by atoms with Gasteiger partial charge in [-0.1, -0.05) is 26.2 Å². The first kappa shape index (κ1) is 13.9. The van der Waals surface area contributed by atoms with Crippen LogP contribution in [-0.4, -0.2) is 49.0 Å². The van der Waals surface area contributed by atoms with Gasteiger partial charge in [-0.2, -0.15) is 0 Å². The average molecular weight is 229 g/mol. The van der Waals surface area contributed by atoms with E-state index in [1.165, 1.54) is 25.7 Å².